The third kappa shape index (κ3) is 1.90. The third-order valence-electron chi connectivity index (χ3n) is 1.59. The second kappa shape index (κ2) is 3.74. The average Bonchev–Trinajstić information content (AvgIpc) is 2.46. The van der Waals surface area contributed by atoms with E-state index in [1.165, 1.54) is 6.92 Å². The topological polar surface area (TPSA) is 98.3 Å². The Bertz CT molecular complexity index is 388. The SMILES string of the molecule is CC(C(=O)O)n1nc([N+](=O)[O-])cc1Br. The molecule has 0 aliphatic heterocycles. The minimum atomic E-state index is -1.11. The molecule has 14 heavy (non-hydrogen) atoms. The predicted octanol–water partition coefficient (Wildman–Crippen LogP) is 1.20. The molecule has 1 aromatic rings. The summed E-state index contributed by atoms with van der Waals surface area (Å²) in [6.45, 7) is 1.38. The van der Waals surface area contributed by atoms with E-state index in [0.29, 0.717) is 0 Å². The number of carbonyl (C=O) groups is 1. The van der Waals surface area contributed by atoms with E-state index in [1.54, 1.807) is 0 Å². The van der Waals surface area contributed by atoms with Gasteiger partial charge < -0.3 is 15.2 Å². The molecule has 1 unspecified atom stereocenters. The molecule has 1 N–H and O–H groups in total. The molecule has 0 spiro atoms. The molecule has 1 atom stereocenters. The Morgan fingerprint density at radius 3 is 2.79 bits per heavy atom. The van der Waals surface area contributed by atoms with Crippen molar-refractivity contribution in [2.24, 2.45) is 0 Å². The van der Waals surface area contributed by atoms with Crippen molar-refractivity contribution in [2.45, 2.75) is 13.0 Å². The van der Waals surface area contributed by atoms with Gasteiger partial charge in [-0.3, -0.25) is 0 Å². The molecule has 0 radical (unpaired) electrons. The lowest BCUT2D eigenvalue weighted by Crippen LogP contribution is -2.17. The van der Waals surface area contributed by atoms with Gasteiger partial charge in [0.2, 0.25) is 0 Å². The standard InChI is InChI=1S/C6H6BrN3O4/c1-3(6(11)12)9-4(7)2-5(8-9)10(13)14/h2-3H,1H3,(H,11,12). The molecule has 0 aromatic carbocycles. The zero-order valence-corrected chi connectivity index (χ0v) is 8.63. The highest BCUT2D eigenvalue weighted by molar-refractivity contribution is 9.10. The van der Waals surface area contributed by atoms with Crippen molar-refractivity contribution < 1.29 is 14.8 Å². The van der Waals surface area contributed by atoms with Gasteiger partial charge in [-0.05, 0) is 27.8 Å². The maximum absolute atomic E-state index is 10.6. The van der Waals surface area contributed by atoms with Crippen LogP contribution in [0.25, 0.3) is 0 Å². The van der Waals surface area contributed by atoms with Crippen LogP contribution in [0.3, 0.4) is 0 Å². The van der Waals surface area contributed by atoms with E-state index in [2.05, 4.69) is 21.0 Å². The summed E-state index contributed by atoms with van der Waals surface area (Å²) in [5, 5.41) is 22.5. The van der Waals surface area contributed by atoms with Crippen molar-refractivity contribution in [3.63, 3.8) is 0 Å². The maximum atomic E-state index is 10.6. The van der Waals surface area contributed by atoms with Crippen molar-refractivity contribution in [3.8, 4) is 0 Å². The molecule has 8 heteroatoms. The minimum absolute atomic E-state index is 0.263. The molecule has 0 aliphatic rings. The van der Waals surface area contributed by atoms with Crippen LogP contribution in [0.2, 0.25) is 0 Å². The first-order valence-electron chi connectivity index (χ1n) is 3.55. The second-order valence-corrected chi connectivity index (χ2v) is 3.35. The highest BCUT2D eigenvalue weighted by Gasteiger charge is 2.24. The summed E-state index contributed by atoms with van der Waals surface area (Å²) in [5.74, 6) is -1.49. The molecule has 0 saturated heterocycles. The predicted molar refractivity (Wildman–Crippen MR) is 48.9 cm³/mol. The summed E-state index contributed by atoms with van der Waals surface area (Å²) in [4.78, 5) is 20.2. The molecule has 0 bridgehead atoms. The summed E-state index contributed by atoms with van der Waals surface area (Å²) in [6, 6.07) is 0.206. The number of hydrogen-bond acceptors (Lipinski definition) is 4. The lowest BCUT2D eigenvalue weighted by atomic mass is 10.4. The number of aromatic nitrogens is 2. The molecule has 76 valence electrons. The maximum Gasteiger partial charge on any atom is 0.391 e. The molecular weight excluding hydrogens is 258 g/mol. The largest absolute Gasteiger partial charge is 0.480 e. The monoisotopic (exact) mass is 263 g/mol. The van der Waals surface area contributed by atoms with Crippen LogP contribution in [0.4, 0.5) is 5.82 Å². The van der Waals surface area contributed by atoms with Crippen molar-refractivity contribution in [2.75, 3.05) is 0 Å². The van der Waals surface area contributed by atoms with E-state index >= 15 is 0 Å². The Balaban J connectivity index is 3.10. The Morgan fingerprint density at radius 2 is 2.43 bits per heavy atom. The second-order valence-electron chi connectivity index (χ2n) is 2.54. The molecule has 0 fully saturated rings. The summed E-state index contributed by atoms with van der Waals surface area (Å²) in [5.41, 5.74) is 0. The summed E-state index contributed by atoms with van der Waals surface area (Å²) in [7, 11) is 0. The van der Waals surface area contributed by atoms with E-state index in [4.69, 9.17) is 5.11 Å². The number of carboxylic acid groups (broad SMARTS) is 1. The van der Waals surface area contributed by atoms with Gasteiger partial charge in [-0.2, -0.15) is 4.68 Å². The Morgan fingerprint density at radius 1 is 1.86 bits per heavy atom. The first-order chi connectivity index (χ1) is 6.43. The van der Waals surface area contributed by atoms with E-state index in [-0.39, 0.29) is 10.4 Å². The third-order valence-corrected chi connectivity index (χ3v) is 2.18. The number of halogens is 1. The lowest BCUT2D eigenvalue weighted by Gasteiger charge is -2.02. The molecule has 7 nitrogen and oxygen atoms in total. The molecule has 1 rings (SSSR count). The quantitative estimate of drug-likeness (QED) is 0.653. The molecule has 1 heterocycles. The first kappa shape index (κ1) is 10.6. The average molecular weight is 264 g/mol. The zero-order chi connectivity index (χ0) is 10.9. The molecule has 1 aromatic heterocycles. The van der Waals surface area contributed by atoms with Gasteiger partial charge in [0.1, 0.15) is 4.60 Å². The smallest absolute Gasteiger partial charge is 0.391 e. The Kier molecular flexibility index (Phi) is 2.84. The number of aliphatic carboxylic acids is 1. The van der Waals surface area contributed by atoms with Gasteiger partial charge in [0.05, 0.1) is 11.2 Å². The fourth-order valence-electron chi connectivity index (χ4n) is 0.825. The van der Waals surface area contributed by atoms with E-state index in [0.717, 1.165) is 10.7 Å². The fraction of sp³-hybridized carbons (Fsp3) is 0.333. The normalized spacial score (nSPS) is 12.4. The molecule has 0 aliphatic carbocycles. The van der Waals surface area contributed by atoms with Crippen LogP contribution in [0.5, 0.6) is 0 Å². The van der Waals surface area contributed by atoms with Crippen LogP contribution in [0.1, 0.15) is 13.0 Å². The highest BCUT2D eigenvalue weighted by atomic mass is 79.9. The van der Waals surface area contributed by atoms with Crippen LogP contribution >= 0.6 is 15.9 Å². The Hall–Kier alpha value is -1.44. The summed E-state index contributed by atoms with van der Waals surface area (Å²) in [6.07, 6.45) is 0. The fourth-order valence-corrected chi connectivity index (χ4v) is 1.42. The van der Waals surface area contributed by atoms with Gasteiger partial charge in [0.25, 0.3) is 0 Å². The van der Waals surface area contributed by atoms with Crippen molar-refractivity contribution in [3.05, 3.63) is 20.8 Å². The van der Waals surface area contributed by atoms with Crippen molar-refractivity contribution in [1.29, 1.82) is 0 Å². The summed E-state index contributed by atoms with van der Waals surface area (Å²) >= 11 is 2.99. The van der Waals surface area contributed by atoms with Crippen molar-refractivity contribution >= 4 is 27.7 Å². The van der Waals surface area contributed by atoms with E-state index in [1.807, 2.05) is 0 Å². The number of nitrogens with zero attached hydrogens (tertiary/aromatic N) is 3. The highest BCUT2D eigenvalue weighted by Crippen LogP contribution is 2.21. The minimum Gasteiger partial charge on any atom is -0.480 e. The van der Waals surface area contributed by atoms with Gasteiger partial charge in [0.15, 0.2) is 6.04 Å². The van der Waals surface area contributed by atoms with Crippen molar-refractivity contribution in [1.82, 2.24) is 9.78 Å². The lowest BCUT2D eigenvalue weighted by molar-refractivity contribution is -0.389. The first-order valence-corrected chi connectivity index (χ1v) is 4.35. The van der Waals surface area contributed by atoms with E-state index in [9.17, 15) is 14.9 Å². The Labute approximate surface area is 86.6 Å². The molecule has 0 saturated carbocycles. The summed E-state index contributed by atoms with van der Waals surface area (Å²) < 4.78 is 1.29. The molecule has 0 amide bonds. The zero-order valence-electron chi connectivity index (χ0n) is 7.05. The number of rotatable bonds is 3. The van der Waals surface area contributed by atoms with Gasteiger partial charge in [-0.1, -0.05) is 0 Å². The number of carboxylic acids is 1. The van der Waals surface area contributed by atoms with Crippen LogP contribution in [0.15, 0.2) is 10.7 Å². The molecular formula is C6H6BrN3O4. The van der Waals surface area contributed by atoms with Crippen LogP contribution < -0.4 is 0 Å². The number of nitro groups is 1. The van der Waals surface area contributed by atoms with Gasteiger partial charge in [-0.15, -0.1) is 0 Å². The van der Waals surface area contributed by atoms with Crippen LogP contribution in [-0.4, -0.2) is 25.8 Å². The van der Waals surface area contributed by atoms with Gasteiger partial charge >= 0.3 is 11.8 Å². The number of hydrogen-bond donors (Lipinski definition) is 1. The van der Waals surface area contributed by atoms with Gasteiger partial charge in [-0.25, -0.2) is 4.79 Å². The van der Waals surface area contributed by atoms with Gasteiger partial charge in [0, 0.05) is 0 Å². The van der Waals surface area contributed by atoms with Crippen LogP contribution in [0, 0.1) is 10.1 Å². The van der Waals surface area contributed by atoms with Crippen LogP contribution in [-0.2, 0) is 4.79 Å². The van der Waals surface area contributed by atoms with E-state index < -0.39 is 16.9 Å².